The van der Waals surface area contributed by atoms with E-state index in [9.17, 15) is 23.1 Å². The van der Waals surface area contributed by atoms with Crippen LogP contribution in [0.15, 0.2) is 48.5 Å². The van der Waals surface area contributed by atoms with Gasteiger partial charge in [0.1, 0.15) is 0 Å². The predicted octanol–water partition coefficient (Wildman–Crippen LogP) is 4.14. The summed E-state index contributed by atoms with van der Waals surface area (Å²) < 4.78 is 37.5. The van der Waals surface area contributed by atoms with Gasteiger partial charge in [0.2, 0.25) is 5.91 Å². The highest BCUT2D eigenvalue weighted by Gasteiger charge is 2.30. The highest BCUT2D eigenvalue weighted by Crippen LogP contribution is 2.29. The average Bonchev–Trinajstić information content (AvgIpc) is 2.57. The van der Waals surface area contributed by atoms with Gasteiger partial charge in [0.15, 0.2) is 0 Å². The largest absolute Gasteiger partial charge is 0.416 e. The second kappa shape index (κ2) is 8.36. The maximum atomic E-state index is 12.5. The molecule has 0 radical (unpaired) electrons. The molecular formula is C18H17ClF3NO2. The molecule has 2 N–H and O–H groups in total. The molecule has 2 aromatic carbocycles. The van der Waals surface area contributed by atoms with Gasteiger partial charge in [-0.1, -0.05) is 35.9 Å². The molecule has 0 saturated heterocycles. The number of hydrogen-bond donors (Lipinski definition) is 2. The number of aliphatic hydroxyl groups excluding tert-OH is 1. The molecule has 0 spiro atoms. The van der Waals surface area contributed by atoms with Crippen molar-refractivity contribution in [1.29, 1.82) is 0 Å². The van der Waals surface area contributed by atoms with Gasteiger partial charge in [-0.05, 0) is 41.8 Å². The highest BCUT2D eigenvalue weighted by molar-refractivity contribution is 6.30. The van der Waals surface area contributed by atoms with Crippen LogP contribution in [0.2, 0.25) is 5.02 Å². The molecule has 2 aromatic rings. The topological polar surface area (TPSA) is 49.3 Å². The van der Waals surface area contributed by atoms with E-state index in [0.29, 0.717) is 17.0 Å². The minimum absolute atomic E-state index is 0.0697. The van der Waals surface area contributed by atoms with Crippen molar-refractivity contribution >= 4 is 17.5 Å². The maximum absolute atomic E-state index is 12.5. The molecule has 25 heavy (non-hydrogen) atoms. The lowest BCUT2D eigenvalue weighted by atomic mass is 10.1. The molecule has 3 nitrogen and oxygen atoms in total. The van der Waals surface area contributed by atoms with E-state index in [4.69, 9.17) is 11.6 Å². The van der Waals surface area contributed by atoms with E-state index < -0.39 is 17.8 Å². The molecule has 0 aliphatic carbocycles. The fraction of sp³-hybridized carbons (Fsp3) is 0.278. The summed E-state index contributed by atoms with van der Waals surface area (Å²) in [6.07, 6.45) is -4.77. The van der Waals surface area contributed by atoms with Crippen molar-refractivity contribution in [2.45, 2.75) is 25.1 Å². The molecule has 1 atom stereocenters. The fourth-order valence-electron chi connectivity index (χ4n) is 2.26. The Labute approximate surface area is 148 Å². The third kappa shape index (κ3) is 6.07. The molecule has 2 rings (SSSR count). The zero-order valence-corrected chi connectivity index (χ0v) is 13.9. The molecule has 0 aromatic heterocycles. The van der Waals surface area contributed by atoms with Crippen molar-refractivity contribution in [2.24, 2.45) is 0 Å². The van der Waals surface area contributed by atoms with Gasteiger partial charge in [0, 0.05) is 18.0 Å². The van der Waals surface area contributed by atoms with Gasteiger partial charge in [-0.3, -0.25) is 4.79 Å². The van der Waals surface area contributed by atoms with Crippen molar-refractivity contribution < 1.29 is 23.1 Å². The van der Waals surface area contributed by atoms with E-state index >= 15 is 0 Å². The molecule has 0 heterocycles. The summed E-state index contributed by atoms with van der Waals surface area (Å²) in [5.41, 5.74) is 0.447. The lowest BCUT2D eigenvalue weighted by molar-refractivity contribution is -0.137. The predicted molar refractivity (Wildman–Crippen MR) is 89.2 cm³/mol. The quantitative estimate of drug-likeness (QED) is 0.801. The summed E-state index contributed by atoms with van der Waals surface area (Å²) in [5, 5.41) is 13.1. The van der Waals surface area contributed by atoms with E-state index in [2.05, 4.69) is 5.32 Å². The van der Waals surface area contributed by atoms with E-state index in [1.54, 1.807) is 18.2 Å². The summed E-state index contributed by atoms with van der Waals surface area (Å²) in [6.45, 7) is -0.0697. The number of alkyl halides is 3. The van der Waals surface area contributed by atoms with E-state index in [1.807, 2.05) is 6.07 Å². The van der Waals surface area contributed by atoms with Crippen LogP contribution in [0, 0.1) is 0 Å². The van der Waals surface area contributed by atoms with Gasteiger partial charge in [0.05, 0.1) is 11.7 Å². The van der Waals surface area contributed by atoms with Crippen molar-refractivity contribution in [2.75, 3.05) is 6.54 Å². The number of aliphatic hydroxyl groups is 1. The smallest absolute Gasteiger partial charge is 0.387 e. The Hall–Kier alpha value is -2.05. The summed E-state index contributed by atoms with van der Waals surface area (Å²) in [6, 6.07) is 11.4. The number of carbonyl (C=O) groups excluding carboxylic acids is 1. The van der Waals surface area contributed by atoms with E-state index in [1.165, 1.54) is 12.1 Å². The van der Waals surface area contributed by atoms with Gasteiger partial charge in [0.25, 0.3) is 0 Å². The van der Waals surface area contributed by atoms with Crippen molar-refractivity contribution in [1.82, 2.24) is 5.32 Å². The Morgan fingerprint density at radius 3 is 2.44 bits per heavy atom. The Morgan fingerprint density at radius 1 is 1.16 bits per heavy atom. The monoisotopic (exact) mass is 371 g/mol. The molecule has 0 unspecified atom stereocenters. The third-order valence-electron chi connectivity index (χ3n) is 3.65. The average molecular weight is 372 g/mol. The minimum Gasteiger partial charge on any atom is -0.387 e. The SMILES string of the molecule is O=C(CCc1cccc(Cl)c1)NC[C@H](O)c1ccc(C(F)(F)F)cc1. The standard InChI is InChI=1S/C18H17ClF3NO2/c19-15-3-1-2-12(10-15)4-9-17(25)23-11-16(24)13-5-7-14(8-6-13)18(20,21)22/h1-3,5-8,10,16,24H,4,9,11H2,(H,23,25)/t16-/m0/s1. The van der Waals surface area contributed by atoms with Crippen LogP contribution in [0.1, 0.15) is 29.2 Å². The molecule has 0 fully saturated rings. The van der Waals surface area contributed by atoms with Gasteiger partial charge in [-0.25, -0.2) is 0 Å². The van der Waals surface area contributed by atoms with Crippen molar-refractivity contribution in [3.63, 3.8) is 0 Å². The summed E-state index contributed by atoms with van der Waals surface area (Å²) in [7, 11) is 0. The Balaban J connectivity index is 1.80. The minimum atomic E-state index is -4.42. The third-order valence-corrected chi connectivity index (χ3v) is 3.88. The summed E-state index contributed by atoms with van der Waals surface area (Å²) >= 11 is 5.87. The Bertz CT molecular complexity index is 717. The van der Waals surface area contributed by atoms with Gasteiger partial charge in [-0.15, -0.1) is 0 Å². The first kappa shape index (κ1) is 19.3. The molecule has 134 valence electrons. The molecule has 0 aliphatic heterocycles. The van der Waals surface area contributed by atoms with Crippen LogP contribution in [-0.2, 0) is 17.4 Å². The lowest BCUT2D eigenvalue weighted by Crippen LogP contribution is -2.28. The Morgan fingerprint density at radius 2 is 1.84 bits per heavy atom. The van der Waals surface area contributed by atoms with E-state index in [0.717, 1.165) is 17.7 Å². The number of benzene rings is 2. The van der Waals surface area contributed by atoms with Crippen LogP contribution in [0.25, 0.3) is 0 Å². The van der Waals surface area contributed by atoms with Crippen LogP contribution >= 0.6 is 11.6 Å². The van der Waals surface area contributed by atoms with Gasteiger partial charge in [-0.2, -0.15) is 13.2 Å². The first-order valence-corrected chi connectivity index (χ1v) is 8.00. The van der Waals surface area contributed by atoms with Crippen LogP contribution in [-0.4, -0.2) is 17.6 Å². The number of amides is 1. The van der Waals surface area contributed by atoms with Crippen molar-refractivity contribution in [3.8, 4) is 0 Å². The number of carbonyl (C=O) groups is 1. The molecule has 0 aliphatic rings. The van der Waals surface area contributed by atoms with Crippen LogP contribution < -0.4 is 5.32 Å². The second-order valence-electron chi connectivity index (χ2n) is 5.57. The van der Waals surface area contributed by atoms with Crippen LogP contribution in [0.5, 0.6) is 0 Å². The zero-order valence-electron chi connectivity index (χ0n) is 13.2. The van der Waals surface area contributed by atoms with Crippen LogP contribution in [0.4, 0.5) is 13.2 Å². The number of rotatable bonds is 6. The number of aryl methyl sites for hydroxylation is 1. The molecule has 1 amide bonds. The summed E-state index contributed by atoms with van der Waals surface area (Å²) in [4.78, 5) is 11.8. The lowest BCUT2D eigenvalue weighted by Gasteiger charge is -2.14. The van der Waals surface area contributed by atoms with Crippen LogP contribution in [0.3, 0.4) is 0 Å². The highest BCUT2D eigenvalue weighted by atomic mass is 35.5. The fourth-order valence-corrected chi connectivity index (χ4v) is 2.47. The number of halogens is 4. The van der Waals surface area contributed by atoms with Gasteiger partial charge < -0.3 is 10.4 Å². The molecule has 7 heteroatoms. The zero-order chi connectivity index (χ0) is 18.4. The Kier molecular flexibility index (Phi) is 6.45. The number of nitrogens with one attached hydrogen (secondary N) is 1. The summed E-state index contributed by atoms with van der Waals surface area (Å²) in [5.74, 6) is -0.258. The molecule has 0 bridgehead atoms. The molecular weight excluding hydrogens is 355 g/mol. The van der Waals surface area contributed by atoms with Gasteiger partial charge >= 0.3 is 6.18 Å². The second-order valence-corrected chi connectivity index (χ2v) is 6.01. The van der Waals surface area contributed by atoms with Crippen molar-refractivity contribution in [3.05, 3.63) is 70.2 Å². The molecule has 0 saturated carbocycles. The maximum Gasteiger partial charge on any atom is 0.416 e. The normalized spacial score (nSPS) is 12.7. The van der Waals surface area contributed by atoms with E-state index in [-0.39, 0.29) is 18.9 Å². The first-order valence-electron chi connectivity index (χ1n) is 7.62. The number of hydrogen-bond acceptors (Lipinski definition) is 2. The first-order chi connectivity index (χ1) is 11.8.